The fourth-order valence-corrected chi connectivity index (χ4v) is 1.96. The Morgan fingerprint density at radius 3 is 1.05 bits per heavy atom. The normalized spacial score (nSPS) is 25.4. The fraction of sp³-hybridized carbons (Fsp3) is 0.667. The first-order chi connectivity index (χ1) is 10.2. The summed E-state index contributed by atoms with van der Waals surface area (Å²) in [5.41, 5.74) is 11.4. The zero-order valence-corrected chi connectivity index (χ0v) is 11.7. The third-order valence-electron chi connectivity index (χ3n) is 3.07. The zero-order chi connectivity index (χ0) is 16.4. The maximum atomic E-state index is 11.6. The lowest BCUT2D eigenvalue weighted by atomic mass is 10.2. The lowest BCUT2D eigenvalue weighted by Crippen LogP contribution is -2.73. The molecule has 0 saturated carbocycles. The minimum absolute atomic E-state index is 0.119. The van der Waals surface area contributed by atoms with Gasteiger partial charge in [0.2, 0.25) is 0 Å². The van der Waals surface area contributed by atoms with Gasteiger partial charge in [-0.3, -0.25) is 19.2 Å². The molecule has 2 heterocycles. The Balaban J connectivity index is 2.35. The molecule has 122 valence electrons. The second-order valence-electron chi connectivity index (χ2n) is 4.94. The van der Waals surface area contributed by atoms with Crippen LogP contribution in [0.1, 0.15) is 38.5 Å². The van der Waals surface area contributed by atoms with Crippen molar-refractivity contribution in [3.05, 3.63) is 0 Å². The Morgan fingerprint density at radius 1 is 0.591 bits per heavy atom. The van der Waals surface area contributed by atoms with Gasteiger partial charge in [0.25, 0.3) is 0 Å². The summed E-state index contributed by atoms with van der Waals surface area (Å²) in [6.45, 7) is 0. The average Bonchev–Trinajstić information content (AvgIpc) is 2.34. The average molecular weight is 316 g/mol. The van der Waals surface area contributed by atoms with Crippen LogP contribution < -0.4 is 11.5 Å². The van der Waals surface area contributed by atoms with E-state index < -0.39 is 35.7 Å². The predicted octanol–water partition coefficient (Wildman–Crippen LogP) is -1.25. The minimum Gasteiger partial charge on any atom is -0.401 e. The standard InChI is InChI=1S/C12H16N2O8/c13-11(19-7(15)3-1-4-8(16)20-11)12(14)21-9(17)5-2-6-10(18)22-12/h1-6,13-14H2. The Bertz CT molecular complexity index is 435. The topological polar surface area (TPSA) is 157 Å². The van der Waals surface area contributed by atoms with E-state index in [1.807, 2.05) is 0 Å². The summed E-state index contributed by atoms with van der Waals surface area (Å²) < 4.78 is 19.2. The van der Waals surface area contributed by atoms with Gasteiger partial charge in [-0.05, 0) is 12.8 Å². The first kappa shape index (κ1) is 16.2. The molecule has 10 heteroatoms. The number of carbonyl (C=O) groups excluding carboxylic acids is 4. The summed E-state index contributed by atoms with van der Waals surface area (Å²) in [5, 5.41) is 0. The smallest absolute Gasteiger partial charge is 0.401 e. The van der Waals surface area contributed by atoms with Crippen LogP contribution in [0.3, 0.4) is 0 Å². The van der Waals surface area contributed by atoms with Crippen molar-refractivity contribution in [1.82, 2.24) is 0 Å². The van der Waals surface area contributed by atoms with Gasteiger partial charge in [-0.1, -0.05) is 0 Å². The lowest BCUT2D eigenvalue weighted by molar-refractivity contribution is -0.363. The first-order valence-corrected chi connectivity index (χ1v) is 6.69. The van der Waals surface area contributed by atoms with Crippen LogP contribution in [0, 0.1) is 0 Å². The predicted molar refractivity (Wildman–Crippen MR) is 65.9 cm³/mol. The minimum atomic E-state index is -2.76. The highest BCUT2D eigenvalue weighted by Crippen LogP contribution is 2.29. The fourth-order valence-electron chi connectivity index (χ4n) is 1.96. The Hall–Kier alpha value is -2.20. The highest BCUT2D eigenvalue weighted by Gasteiger charge is 2.62. The van der Waals surface area contributed by atoms with Crippen molar-refractivity contribution in [2.45, 2.75) is 50.3 Å². The molecule has 10 nitrogen and oxygen atoms in total. The van der Waals surface area contributed by atoms with E-state index in [1.54, 1.807) is 0 Å². The summed E-state index contributed by atoms with van der Waals surface area (Å²) in [6.07, 6.45) is -0.0775. The van der Waals surface area contributed by atoms with E-state index in [9.17, 15) is 19.2 Å². The molecule has 0 aliphatic carbocycles. The van der Waals surface area contributed by atoms with E-state index in [0.717, 1.165) is 0 Å². The number of rotatable bonds is 1. The lowest BCUT2D eigenvalue weighted by Gasteiger charge is -2.41. The summed E-state index contributed by atoms with van der Waals surface area (Å²) in [4.78, 5) is 46.5. The van der Waals surface area contributed by atoms with Crippen molar-refractivity contribution in [2.24, 2.45) is 11.5 Å². The molecule has 2 rings (SSSR count). The van der Waals surface area contributed by atoms with Crippen LogP contribution >= 0.6 is 0 Å². The summed E-state index contributed by atoms with van der Waals surface area (Å²) in [5.74, 6) is -8.87. The molecule has 0 aromatic carbocycles. The van der Waals surface area contributed by atoms with Gasteiger partial charge in [0.05, 0.1) is 0 Å². The van der Waals surface area contributed by atoms with Gasteiger partial charge in [0.15, 0.2) is 0 Å². The third kappa shape index (κ3) is 3.34. The number of hydrogen-bond donors (Lipinski definition) is 2. The highest BCUT2D eigenvalue weighted by atomic mass is 16.8. The van der Waals surface area contributed by atoms with Gasteiger partial charge < -0.3 is 18.9 Å². The van der Waals surface area contributed by atoms with Crippen LogP contribution in [0.4, 0.5) is 0 Å². The van der Waals surface area contributed by atoms with Crippen LogP contribution in [-0.4, -0.2) is 35.7 Å². The SMILES string of the molecule is NC1(C2(N)OC(=O)CCCC(=O)O2)OC(=O)CCCC(=O)O1. The van der Waals surface area contributed by atoms with Crippen molar-refractivity contribution in [3.63, 3.8) is 0 Å². The number of carbonyl (C=O) groups is 4. The van der Waals surface area contributed by atoms with E-state index in [4.69, 9.17) is 30.4 Å². The zero-order valence-electron chi connectivity index (χ0n) is 11.7. The van der Waals surface area contributed by atoms with Gasteiger partial charge in [-0.15, -0.1) is 0 Å². The van der Waals surface area contributed by atoms with Gasteiger partial charge in [-0.25, -0.2) is 11.5 Å². The maximum Gasteiger partial charge on any atom is 0.413 e. The molecule has 22 heavy (non-hydrogen) atoms. The summed E-state index contributed by atoms with van der Waals surface area (Å²) >= 11 is 0. The quantitative estimate of drug-likeness (QED) is 0.560. The molecule has 0 unspecified atom stereocenters. The van der Waals surface area contributed by atoms with Gasteiger partial charge in [0, 0.05) is 25.7 Å². The molecule has 4 N–H and O–H groups in total. The monoisotopic (exact) mass is 316 g/mol. The van der Waals surface area contributed by atoms with E-state index >= 15 is 0 Å². The van der Waals surface area contributed by atoms with Crippen LogP contribution in [0.15, 0.2) is 0 Å². The molecule has 0 spiro atoms. The van der Waals surface area contributed by atoms with Crippen LogP contribution in [0.2, 0.25) is 0 Å². The Morgan fingerprint density at radius 2 is 0.818 bits per heavy atom. The van der Waals surface area contributed by atoms with Gasteiger partial charge in [0.1, 0.15) is 0 Å². The molecule has 0 aromatic heterocycles. The molecule has 0 atom stereocenters. The molecular formula is C12H16N2O8. The van der Waals surface area contributed by atoms with Crippen molar-refractivity contribution < 1.29 is 38.1 Å². The third-order valence-corrected chi connectivity index (χ3v) is 3.07. The number of esters is 4. The maximum absolute atomic E-state index is 11.6. The highest BCUT2D eigenvalue weighted by molar-refractivity contribution is 5.77. The molecular weight excluding hydrogens is 300 g/mol. The number of ether oxygens (including phenoxy) is 4. The number of nitrogens with two attached hydrogens (primary N) is 2. The van der Waals surface area contributed by atoms with E-state index in [1.165, 1.54) is 0 Å². The van der Waals surface area contributed by atoms with E-state index in [2.05, 4.69) is 0 Å². The molecule has 0 aromatic rings. The van der Waals surface area contributed by atoms with Gasteiger partial charge >= 0.3 is 35.7 Å². The Kier molecular flexibility index (Phi) is 4.33. The number of hydrogen-bond acceptors (Lipinski definition) is 10. The van der Waals surface area contributed by atoms with Crippen molar-refractivity contribution in [3.8, 4) is 0 Å². The van der Waals surface area contributed by atoms with Crippen molar-refractivity contribution in [1.29, 1.82) is 0 Å². The van der Waals surface area contributed by atoms with Crippen LogP contribution in [0.25, 0.3) is 0 Å². The first-order valence-electron chi connectivity index (χ1n) is 6.69. The summed E-state index contributed by atoms with van der Waals surface area (Å²) in [6, 6.07) is 0. The molecule has 0 amide bonds. The summed E-state index contributed by atoms with van der Waals surface area (Å²) in [7, 11) is 0. The van der Waals surface area contributed by atoms with Crippen molar-refractivity contribution in [2.75, 3.05) is 0 Å². The molecule has 2 aliphatic heterocycles. The van der Waals surface area contributed by atoms with Crippen LogP contribution in [0.5, 0.6) is 0 Å². The van der Waals surface area contributed by atoms with E-state index in [-0.39, 0.29) is 38.5 Å². The molecule has 2 fully saturated rings. The molecule has 2 aliphatic rings. The van der Waals surface area contributed by atoms with Gasteiger partial charge in [-0.2, -0.15) is 0 Å². The Labute approximate surface area is 125 Å². The molecule has 0 bridgehead atoms. The second kappa shape index (κ2) is 5.89. The second-order valence-corrected chi connectivity index (χ2v) is 4.94. The van der Waals surface area contributed by atoms with E-state index in [0.29, 0.717) is 0 Å². The van der Waals surface area contributed by atoms with Crippen LogP contribution in [-0.2, 0) is 38.1 Å². The molecule has 0 radical (unpaired) electrons. The molecule has 2 saturated heterocycles. The van der Waals surface area contributed by atoms with Crippen molar-refractivity contribution >= 4 is 23.9 Å². The number of cyclic esters (lactones) is 4. The largest absolute Gasteiger partial charge is 0.413 e.